The monoisotopic (exact) mass is 154 g/mol. The van der Waals surface area contributed by atoms with E-state index in [1.807, 2.05) is 18.4 Å². The van der Waals surface area contributed by atoms with Gasteiger partial charge >= 0.3 is 0 Å². The summed E-state index contributed by atoms with van der Waals surface area (Å²) in [6.45, 7) is 7.89. The molecule has 11 heavy (non-hydrogen) atoms. The van der Waals surface area contributed by atoms with Crippen molar-refractivity contribution >= 4 is 5.95 Å². The Labute approximate surface area is 66.6 Å². The van der Waals surface area contributed by atoms with Gasteiger partial charge in [-0.1, -0.05) is 0 Å². The number of aromatic nitrogens is 3. The molecular weight excluding hydrogens is 140 g/mol. The number of anilines is 1. The van der Waals surface area contributed by atoms with Crippen LogP contribution >= 0.6 is 0 Å². The van der Waals surface area contributed by atoms with Gasteiger partial charge in [0.15, 0.2) is 0 Å². The van der Waals surface area contributed by atoms with Crippen molar-refractivity contribution in [1.29, 1.82) is 0 Å². The van der Waals surface area contributed by atoms with Gasteiger partial charge in [-0.3, -0.25) is 4.57 Å². The van der Waals surface area contributed by atoms with E-state index in [2.05, 4.69) is 22.4 Å². The minimum absolute atomic E-state index is 0.868. The molecule has 0 aliphatic carbocycles. The summed E-state index contributed by atoms with van der Waals surface area (Å²) in [6, 6.07) is 0. The summed E-state index contributed by atoms with van der Waals surface area (Å²) >= 11 is 0. The summed E-state index contributed by atoms with van der Waals surface area (Å²) in [7, 11) is 0. The average Bonchev–Trinajstić information content (AvgIpc) is 2.33. The van der Waals surface area contributed by atoms with Crippen LogP contribution < -0.4 is 5.32 Å². The molecule has 0 saturated carbocycles. The zero-order valence-electron chi connectivity index (χ0n) is 7.26. The fraction of sp³-hybridized carbons (Fsp3) is 0.714. The minimum atomic E-state index is 0.868. The molecule has 0 saturated heterocycles. The normalized spacial score (nSPS) is 10.1. The molecule has 1 N–H and O–H groups in total. The first kappa shape index (κ1) is 8.04. The molecule has 1 aromatic heterocycles. The molecule has 0 spiro atoms. The van der Waals surface area contributed by atoms with Gasteiger partial charge in [-0.05, 0) is 20.8 Å². The van der Waals surface area contributed by atoms with Crippen LogP contribution in [0.25, 0.3) is 0 Å². The SMILES string of the molecule is CCNc1nnc(C)n1CC. The largest absolute Gasteiger partial charge is 0.355 e. The molecule has 0 fully saturated rings. The van der Waals surface area contributed by atoms with E-state index in [4.69, 9.17) is 0 Å². The van der Waals surface area contributed by atoms with E-state index in [-0.39, 0.29) is 0 Å². The maximum absolute atomic E-state index is 3.98. The summed E-state index contributed by atoms with van der Waals surface area (Å²) in [6.07, 6.45) is 0. The van der Waals surface area contributed by atoms with Crippen molar-refractivity contribution in [2.75, 3.05) is 11.9 Å². The maximum atomic E-state index is 3.98. The standard InChI is InChI=1S/C7H14N4/c1-4-8-7-10-9-6(3)11(7)5-2/h4-5H2,1-3H3,(H,8,10). The Kier molecular flexibility index (Phi) is 2.46. The number of nitrogens with one attached hydrogen (secondary N) is 1. The van der Waals surface area contributed by atoms with Gasteiger partial charge in [-0.25, -0.2) is 0 Å². The minimum Gasteiger partial charge on any atom is -0.355 e. The first-order chi connectivity index (χ1) is 5.29. The Morgan fingerprint density at radius 3 is 2.64 bits per heavy atom. The second kappa shape index (κ2) is 3.37. The Hall–Kier alpha value is -1.06. The zero-order valence-corrected chi connectivity index (χ0v) is 7.26. The highest BCUT2D eigenvalue weighted by atomic mass is 15.3. The molecule has 4 heteroatoms. The van der Waals surface area contributed by atoms with Crippen molar-refractivity contribution in [2.24, 2.45) is 0 Å². The lowest BCUT2D eigenvalue weighted by molar-refractivity contribution is 0.733. The van der Waals surface area contributed by atoms with E-state index < -0.39 is 0 Å². The topological polar surface area (TPSA) is 42.7 Å². The van der Waals surface area contributed by atoms with Crippen LogP contribution in [0, 0.1) is 6.92 Å². The van der Waals surface area contributed by atoms with Gasteiger partial charge in [0.2, 0.25) is 5.95 Å². The lowest BCUT2D eigenvalue weighted by atomic mass is 10.6. The molecule has 1 heterocycles. The van der Waals surface area contributed by atoms with Crippen molar-refractivity contribution < 1.29 is 0 Å². The van der Waals surface area contributed by atoms with Gasteiger partial charge in [0.05, 0.1) is 0 Å². The fourth-order valence-electron chi connectivity index (χ4n) is 1.05. The molecule has 1 rings (SSSR count). The molecule has 0 radical (unpaired) electrons. The average molecular weight is 154 g/mol. The van der Waals surface area contributed by atoms with Crippen LogP contribution in [-0.4, -0.2) is 21.3 Å². The Morgan fingerprint density at radius 2 is 2.09 bits per heavy atom. The van der Waals surface area contributed by atoms with Gasteiger partial charge in [0.25, 0.3) is 0 Å². The fourth-order valence-corrected chi connectivity index (χ4v) is 1.05. The van der Waals surface area contributed by atoms with E-state index in [1.165, 1.54) is 0 Å². The number of nitrogens with zero attached hydrogens (tertiary/aromatic N) is 3. The Balaban J connectivity index is 2.86. The van der Waals surface area contributed by atoms with E-state index in [9.17, 15) is 0 Å². The van der Waals surface area contributed by atoms with Crippen LogP contribution in [0.1, 0.15) is 19.7 Å². The van der Waals surface area contributed by atoms with Crippen LogP contribution in [-0.2, 0) is 6.54 Å². The highest BCUT2D eigenvalue weighted by molar-refractivity contribution is 5.24. The summed E-state index contributed by atoms with van der Waals surface area (Å²) in [5, 5.41) is 11.1. The van der Waals surface area contributed by atoms with Gasteiger partial charge < -0.3 is 5.32 Å². The van der Waals surface area contributed by atoms with Gasteiger partial charge in [-0.15, -0.1) is 10.2 Å². The first-order valence-corrected chi connectivity index (χ1v) is 3.93. The van der Waals surface area contributed by atoms with E-state index in [1.54, 1.807) is 0 Å². The highest BCUT2D eigenvalue weighted by Gasteiger charge is 2.03. The van der Waals surface area contributed by atoms with Crippen molar-refractivity contribution in [1.82, 2.24) is 14.8 Å². The zero-order chi connectivity index (χ0) is 8.27. The smallest absolute Gasteiger partial charge is 0.224 e. The van der Waals surface area contributed by atoms with Crippen molar-refractivity contribution in [3.05, 3.63) is 5.82 Å². The van der Waals surface area contributed by atoms with Crippen molar-refractivity contribution in [3.63, 3.8) is 0 Å². The molecule has 0 aliphatic heterocycles. The molecule has 0 aromatic carbocycles. The van der Waals surface area contributed by atoms with E-state index >= 15 is 0 Å². The highest BCUT2D eigenvalue weighted by Crippen LogP contribution is 2.04. The third-order valence-electron chi connectivity index (χ3n) is 1.59. The molecule has 1 aromatic rings. The summed E-state index contributed by atoms with van der Waals surface area (Å²) in [5.41, 5.74) is 0. The van der Waals surface area contributed by atoms with Crippen LogP contribution in [0.15, 0.2) is 0 Å². The van der Waals surface area contributed by atoms with Crippen LogP contribution in [0.3, 0.4) is 0 Å². The van der Waals surface area contributed by atoms with Gasteiger partial charge in [0.1, 0.15) is 5.82 Å². The van der Waals surface area contributed by atoms with E-state index in [0.29, 0.717) is 0 Å². The lowest BCUT2D eigenvalue weighted by Crippen LogP contribution is -2.06. The third-order valence-corrected chi connectivity index (χ3v) is 1.59. The molecule has 0 atom stereocenters. The van der Waals surface area contributed by atoms with Crippen LogP contribution in [0.5, 0.6) is 0 Å². The Bertz CT molecular complexity index is 228. The summed E-state index contributed by atoms with van der Waals surface area (Å²) in [5.74, 6) is 1.83. The number of hydrogen-bond acceptors (Lipinski definition) is 3. The Morgan fingerprint density at radius 1 is 1.36 bits per heavy atom. The second-order valence-electron chi connectivity index (χ2n) is 2.35. The number of aryl methyl sites for hydroxylation is 1. The molecular formula is C7H14N4. The first-order valence-electron chi connectivity index (χ1n) is 3.93. The number of hydrogen-bond donors (Lipinski definition) is 1. The molecule has 0 amide bonds. The van der Waals surface area contributed by atoms with Crippen molar-refractivity contribution in [3.8, 4) is 0 Å². The quantitative estimate of drug-likeness (QED) is 0.707. The molecule has 0 aliphatic rings. The van der Waals surface area contributed by atoms with Gasteiger partial charge in [0, 0.05) is 13.1 Å². The van der Waals surface area contributed by atoms with Crippen LogP contribution in [0.4, 0.5) is 5.95 Å². The molecule has 4 nitrogen and oxygen atoms in total. The van der Waals surface area contributed by atoms with Gasteiger partial charge in [-0.2, -0.15) is 0 Å². The molecule has 62 valence electrons. The van der Waals surface area contributed by atoms with Crippen LogP contribution in [0.2, 0.25) is 0 Å². The number of rotatable bonds is 3. The molecule has 0 unspecified atom stereocenters. The summed E-state index contributed by atoms with van der Waals surface area (Å²) in [4.78, 5) is 0. The summed E-state index contributed by atoms with van der Waals surface area (Å²) < 4.78 is 2.05. The lowest BCUT2D eigenvalue weighted by Gasteiger charge is -2.04. The predicted molar refractivity (Wildman–Crippen MR) is 44.6 cm³/mol. The maximum Gasteiger partial charge on any atom is 0.224 e. The molecule has 0 bridgehead atoms. The predicted octanol–water partition coefficient (Wildman–Crippen LogP) is 1.04. The third kappa shape index (κ3) is 1.50. The second-order valence-corrected chi connectivity index (χ2v) is 2.35. The van der Waals surface area contributed by atoms with Crippen molar-refractivity contribution in [2.45, 2.75) is 27.3 Å². The van der Waals surface area contributed by atoms with E-state index in [0.717, 1.165) is 24.9 Å².